The zero-order chi connectivity index (χ0) is 16.1. The molecule has 0 aromatic carbocycles. The summed E-state index contributed by atoms with van der Waals surface area (Å²) in [5, 5.41) is 6.73. The quantitative estimate of drug-likeness (QED) is 0.901. The van der Waals surface area contributed by atoms with Gasteiger partial charge in [-0.3, -0.25) is 5.10 Å². The van der Waals surface area contributed by atoms with Crippen molar-refractivity contribution < 1.29 is 8.42 Å². The molecule has 6 heteroatoms. The lowest BCUT2D eigenvalue weighted by Crippen LogP contribution is -2.46. The maximum absolute atomic E-state index is 12.7. The fraction of sp³-hybridized carbons (Fsp3) is 0.800. The smallest absolute Gasteiger partial charge is 0.244 e. The van der Waals surface area contributed by atoms with E-state index in [-0.39, 0.29) is 16.9 Å². The summed E-state index contributed by atoms with van der Waals surface area (Å²) in [4.78, 5) is 0.295. The second kappa shape index (κ2) is 5.09. The molecule has 0 saturated heterocycles. The lowest BCUT2D eigenvalue weighted by Gasteiger charge is -2.45. The van der Waals surface area contributed by atoms with Crippen LogP contribution in [0.15, 0.2) is 4.90 Å². The van der Waals surface area contributed by atoms with E-state index in [1.165, 1.54) is 0 Å². The molecule has 1 aliphatic carbocycles. The number of hydrogen-bond donors (Lipinski definition) is 2. The molecule has 0 amide bonds. The predicted molar refractivity (Wildman–Crippen MR) is 83.6 cm³/mol. The maximum Gasteiger partial charge on any atom is 0.244 e. The lowest BCUT2D eigenvalue weighted by atomic mass is 9.64. The molecule has 0 unspecified atom stereocenters. The van der Waals surface area contributed by atoms with Gasteiger partial charge in [0, 0.05) is 6.04 Å². The molecular formula is C15H27N3O2S. The van der Waals surface area contributed by atoms with E-state index in [1.54, 1.807) is 13.8 Å². The molecular weight excluding hydrogens is 286 g/mol. The van der Waals surface area contributed by atoms with Gasteiger partial charge in [0.15, 0.2) is 0 Å². The van der Waals surface area contributed by atoms with E-state index in [1.807, 2.05) is 0 Å². The van der Waals surface area contributed by atoms with Crippen LogP contribution in [-0.4, -0.2) is 24.7 Å². The van der Waals surface area contributed by atoms with Crippen molar-refractivity contribution >= 4 is 10.0 Å². The van der Waals surface area contributed by atoms with E-state index in [4.69, 9.17) is 0 Å². The molecule has 1 aliphatic rings. The Morgan fingerprint density at radius 2 is 1.67 bits per heavy atom. The monoisotopic (exact) mass is 313 g/mol. The van der Waals surface area contributed by atoms with E-state index in [0.29, 0.717) is 16.3 Å². The first-order valence-electron chi connectivity index (χ1n) is 7.46. The number of H-pyrrole nitrogens is 1. The fourth-order valence-corrected chi connectivity index (χ4v) is 5.75. The summed E-state index contributed by atoms with van der Waals surface area (Å²) in [5.41, 5.74) is 1.41. The first-order valence-corrected chi connectivity index (χ1v) is 8.94. The molecule has 1 aromatic rings. The average Bonchev–Trinajstić information content (AvgIpc) is 2.52. The van der Waals surface area contributed by atoms with E-state index < -0.39 is 10.0 Å². The SMILES string of the molecule is Cc1n[nH]c(C)c1S(=O)(=O)NC1CC(C)(C)CC(C)(C)C1. The second-order valence-electron chi connectivity index (χ2n) is 7.99. The molecule has 2 N–H and O–H groups in total. The Morgan fingerprint density at radius 1 is 1.14 bits per heavy atom. The molecule has 0 bridgehead atoms. The Bertz CT molecular complexity index is 594. The Kier molecular flexibility index (Phi) is 4.00. The van der Waals surface area contributed by atoms with Gasteiger partial charge in [0.05, 0.1) is 11.4 Å². The van der Waals surface area contributed by atoms with Crippen molar-refractivity contribution in [1.82, 2.24) is 14.9 Å². The van der Waals surface area contributed by atoms with Crippen LogP contribution in [0, 0.1) is 24.7 Å². The summed E-state index contributed by atoms with van der Waals surface area (Å²) in [7, 11) is -3.52. The molecule has 21 heavy (non-hydrogen) atoms. The molecule has 0 aliphatic heterocycles. The standard InChI is InChI=1S/C15H27N3O2S/c1-10-13(11(2)17-16-10)21(19,20)18-12-7-14(3,4)9-15(5,6)8-12/h12,18H,7-9H2,1-6H3,(H,16,17). The number of aromatic amines is 1. The topological polar surface area (TPSA) is 74.8 Å². The third kappa shape index (κ3) is 3.66. The highest BCUT2D eigenvalue weighted by Gasteiger charge is 2.40. The van der Waals surface area contributed by atoms with Gasteiger partial charge >= 0.3 is 0 Å². The fourth-order valence-electron chi connectivity index (χ4n) is 4.14. The van der Waals surface area contributed by atoms with Crippen LogP contribution in [0.4, 0.5) is 0 Å². The molecule has 5 nitrogen and oxygen atoms in total. The van der Waals surface area contributed by atoms with Crippen LogP contribution in [0.3, 0.4) is 0 Å². The van der Waals surface area contributed by atoms with Gasteiger partial charge in [0.25, 0.3) is 0 Å². The minimum absolute atomic E-state index is 0.0255. The summed E-state index contributed by atoms with van der Waals surface area (Å²) in [6.45, 7) is 12.3. The summed E-state index contributed by atoms with van der Waals surface area (Å²) in [6.07, 6.45) is 2.85. The van der Waals surface area contributed by atoms with Crippen molar-refractivity contribution in [3.05, 3.63) is 11.4 Å². The zero-order valence-corrected chi connectivity index (χ0v) is 14.7. The number of aryl methyl sites for hydroxylation is 2. The molecule has 2 rings (SSSR count). The predicted octanol–water partition coefficient (Wildman–Crippen LogP) is 2.91. The van der Waals surface area contributed by atoms with Crippen molar-refractivity contribution in [1.29, 1.82) is 0 Å². The number of aromatic nitrogens is 2. The van der Waals surface area contributed by atoms with Gasteiger partial charge in [-0.05, 0) is 43.9 Å². The molecule has 1 heterocycles. The van der Waals surface area contributed by atoms with Gasteiger partial charge in [-0.25, -0.2) is 13.1 Å². The van der Waals surface area contributed by atoms with Gasteiger partial charge < -0.3 is 0 Å². The Balaban J connectivity index is 2.25. The van der Waals surface area contributed by atoms with Crippen LogP contribution < -0.4 is 4.72 Å². The van der Waals surface area contributed by atoms with Crippen molar-refractivity contribution in [2.75, 3.05) is 0 Å². The minimum atomic E-state index is -3.52. The van der Waals surface area contributed by atoms with Gasteiger partial charge in [-0.1, -0.05) is 27.7 Å². The number of sulfonamides is 1. The second-order valence-corrected chi connectivity index (χ2v) is 9.65. The third-order valence-electron chi connectivity index (χ3n) is 4.21. The number of nitrogens with one attached hydrogen (secondary N) is 2. The Morgan fingerprint density at radius 3 is 2.10 bits per heavy atom. The molecule has 1 saturated carbocycles. The van der Waals surface area contributed by atoms with Crippen molar-refractivity contribution in [2.24, 2.45) is 10.8 Å². The molecule has 1 aromatic heterocycles. The molecule has 0 atom stereocenters. The van der Waals surface area contributed by atoms with Crippen molar-refractivity contribution in [2.45, 2.75) is 71.7 Å². The number of hydrogen-bond acceptors (Lipinski definition) is 3. The lowest BCUT2D eigenvalue weighted by molar-refractivity contribution is 0.0934. The van der Waals surface area contributed by atoms with Crippen LogP contribution in [0.25, 0.3) is 0 Å². The van der Waals surface area contributed by atoms with Gasteiger partial charge in [-0.15, -0.1) is 0 Å². The van der Waals surface area contributed by atoms with E-state index in [9.17, 15) is 8.42 Å². The normalized spacial score (nSPS) is 22.4. The summed E-state index contributed by atoms with van der Waals surface area (Å²) >= 11 is 0. The molecule has 1 fully saturated rings. The van der Waals surface area contributed by atoms with E-state index in [2.05, 4.69) is 42.6 Å². The minimum Gasteiger partial charge on any atom is -0.281 e. The van der Waals surface area contributed by atoms with E-state index in [0.717, 1.165) is 19.3 Å². The summed E-state index contributed by atoms with van der Waals surface area (Å²) in [6, 6.07) is -0.0255. The van der Waals surface area contributed by atoms with Crippen LogP contribution in [-0.2, 0) is 10.0 Å². The van der Waals surface area contributed by atoms with Crippen LogP contribution in [0.2, 0.25) is 0 Å². The highest BCUT2D eigenvalue weighted by Crippen LogP contribution is 2.45. The van der Waals surface area contributed by atoms with Crippen LogP contribution in [0.1, 0.15) is 58.3 Å². The van der Waals surface area contributed by atoms with Gasteiger partial charge in [0.2, 0.25) is 10.0 Å². The number of rotatable bonds is 3. The third-order valence-corrected chi connectivity index (χ3v) is 5.99. The van der Waals surface area contributed by atoms with Gasteiger partial charge in [-0.2, -0.15) is 5.10 Å². The van der Waals surface area contributed by atoms with Gasteiger partial charge in [0.1, 0.15) is 4.90 Å². The van der Waals surface area contributed by atoms with Crippen LogP contribution in [0.5, 0.6) is 0 Å². The summed E-state index contributed by atoms with van der Waals surface area (Å²) < 4.78 is 28.2. The Labute approximate surface area is 128 Å². The summed E-state index contributed by atoms with van der Waals surface area (Å²) in [5.74, 6) is 0. The first kappa shape index (κ1) is 16.5. The van der Waals surface area contributed by atoms with Crippen molar-refractivity contribution in [3.63, 3.8) is 0 Å². The highest BCUT2D eigenvalue weighted by molar-refractivity contribution is 7.89. The molecule has 0 radical (unpaired) electrons. The molecule has 120 valence electrons. The number of nitrogens with zero attached hydrogens (tertiary/aromatic N) is 1. The largest absolute Gasteiger partial charge is 0.281 e. The van der Waals surface area contributed by atoms with Crippen molar-refractivity contribution in [3.8, 4) is 0 Å². The zero-order valence-electron chi connectivity index (χ0n) is 13.9. The Hall–Kier alpha value is -0.880. The van der Waals surface area contributed by atoms with Crippen LogP contribution >= 0.6 is 0 Å². The van der Waals surface area contributed by atoms with E-state index >= 15 is 0 Å². The first-order chi connectivity index (χ1) is 9.42. The maximum atomic E-state index is 12.7. The highest BCUT2D eigenvalue weighted by atomic mass is 32.2. The molecule has 0 spiro atoms. The average molecular weight is 313 g/mol.